The maximum Gasteiger partial charge on any atom is 0.0991 e. The Hall–Kier alpha value is -3.11. The monoisotopic (exact) mass is 281 g/mol. The highest BCUT2D eigenvalue weighted by Crippen LogP contribution is 2.25. The SMILES string of the molecule is C=Cc1ccc(-c2ccc(-c3cccc(C#N)c3)cc2)cc1. The van der Waals surface area contributed by atoms with Crippen molar-refractivity contribution in [3.05, 3.63) is 90.5 Å². The third-order valence-electron chi connectivity index (χ3n) is 3.69. The second kappa shape index (κ2) is 6.11. The van der Waals surface area contributed by atoms with E-state index in [1.807, 2.05) is 30.3 Å². The number of benzene rings is 3. The van der Waals surface area contributed by atoms with E-state index in [0.29, 0.717) is 5.56 Å². The summed E-state index contributed by atoms with van der Waals surface area (Å²) in [6.45, 7) is 3.77. The third kappa shape index (κ3) is 2.82. The summed E-state index contributed by atoms with van der Waals surface area (Å²) in [6.07, 6.45) is 1.84. The van der Waals surface area contributed by atoms with Gasteiger partial charge in [0.25, 0.3) is 0 Å². The lowest BCUT2D eigenvalue weighted by Crippen LogP contribution is -1.82. The molecule has 0 amide bonds. The zero-order valence-electron chi connectivity index (χ0n) is 12.2. The third-order valence-corrected chi connectivity index (χ3v) is 3.69. The van der Waals surface area contributed by atoms with E-state index < -0.39 is 0 Å². The Kier molecular flexibility index (Phi) is 3.85. The molecule has 0 N–H and O–H groups in total. The van der Waals surface area contributed by atoms with Crippen LogP contribution >= 0.6 is 0 Å². The van der Waals surface area contributed by atoms with E-state index in [9.17, 15) is 0 Å². The summed E-state index contributed by atoms with van der Waals surface area (Å²) in [4.78, 5) is 0. The van der Waals surface area contributed by atoms with Crippen molar-refractivity contribution >= 4 is 6.08 Å². The normalized spacial score (nSPS) is 9.95. The lowest BCUT2D eigenvalue weighted by atomic mass is 9.99. The quantitative estimate of drug-likeness (QED) is 0.618. The highest BCUT2D eigenvalue weighted by atomic mass is 14.2. The molecule has 0 saturated heterocycles. The minimum absolute atomic E-state index is 0.682. The Bertz CT molecular complexity index is 834. The Balaban J connectivity index is 1.91. The van der Waals surface area contributed by atoms with E-state index in [1.165, 1.54) is 11.1 Å². The number of hydrogen-bond donors (Lipinski definition) is 0. The number of hydrogen-bond acceptors (Lipinski definition) is 1. The largest absolute Gasteiger partial charge is 0.192 e. The topological polar surface area (TPSA) is 23.8 Å². The summed E-state index contributed by atoms with van der Waals surface area (Å²) in [7, 11) is 0. The Labute approximate surface area is 130 Å². The van der Waals surface area contributed by atoms with Gasteiger partial charge in [-0.1, -0.05) is 73.3 Å². The molecule has 22 heavy (non-hydrogen) atoms. The van der Waals surface area contributed by atoms with Crippen molar-refractivity contribution in [2.24, 2.45) is 0 Å². The standard InChI is InChI=1S/C21H15N/c1-2-16-6-8-18(9-7-16)19-10-12-20(13-11-19)21-5-3-4-17(14-21)15-22/h2-14H,1H2. The van der Waals surface area contributed by atoms with Crippen LogP contribution in [0.2, 0.25) is 0 Å². The molecule has 1 heteroatoms. The minimum Gasteiger partial charge on any atom is -0.192 e. The van der Waals surface area contributed by atoms with E-state index in [0.717, 1.165) is 16.7 Å². The fourth-order valence-corrected chi connectivity index (χ4v) is 2.44. The van der Waals surface area contributed by atoms with E-state index in [2.05, 4.69) is 61.2 Å². The molecule has 1 nitrogen and oxygen atoms in total. The highest BCUT2D eigenvalue weighted by molar-refractivity contribution is 5.71. The number of nitrogens with zero attached hydrogens (tertiary/aromatic N) is 1. The molecule has 0 aliphatic heterocycles. The smallest absolute Gasteiger partial charge is 0.0991 e. The maximum atomic E-state index is 8.99. The van der Waals surface area contributed by atoms with E-state index in [4.69, 9.17) is 5.26 Å². The summed E-state index contributed by atoms with van der Waals surface area (Å²) in [5.41, 5.74) is 6.34. The molecular weight excluding hydrogens is 266 g/mol. The van der Waals surface area contributed by atoms with Gasteiger partial charge < -0.3 is 0 Å². The molecule has 3 rings (SSSR count). The van der Waals surface area contributed by atoms with E-state index in [-0.39, 0.29) is 0 Å². The molecule has 0 atom stereocenters. The molecule has 0 spiro atoms. The zero-order chi connectivity index (χ0) is 15.4. The van der Waals surface area contributed by atoms with Crippen molar-refractivity contribution in [1.29, 1.82) is 5.26 Å². The lowest BCUT2D eigenvalue weighted by Gasteiger charge is -2.06. The Morgan fingerprint density at radius 2 is 1.27 bits per heavy atom. The summed E-state index contributed by atoms with van der Waals surface area (Å²) in [5.74, 6) is 0. The predicted octanol–water partition coefficient (Wildman–Crippen LogP) is 5.54. The van der Waals surface area contributed by atoms with Crippen LogP contribution in [0.25, 0.3) is 28.3 Å². The van der Waals surface area contributed by atoms with Crippen LogP contribution in [-0.2, 0) is 0 Å². The summed E-state index contributed by atoms with van der Waals surface area (Å²) >= 11 is 0. The van der Waals surface area contributed by atoms with Gasteiger partial charge in [0.05, 0.1) is 11.6 Å². The van der Waals surface area contributed by atoms with Gasteiger partial charge in [-0.05, 0) is 39.9 Å². The van der Waals surface area contributed by atoms with Gasteiger partial charge in [-0.3, -0.25) is 0 Å². The van der Waals surface area contributed by atoms with Crippen molar-refractivity contribution in [3.8, 4) is 28.3 Å². The summed E-state index contributed by atoms with van der Waals surface area (Å²) in [6, 6.07) is 26.6. The molecule has 0 fully saturated rings. The van der Waals surface area contributed by atoms with Crippen LogP contribution in [0, 0.1) is 11.3 Å². The molecule has 3 aromatic rings. The van der Waals surface area contributed by atoms with Gasteiger partial charge in [0.2, 0.25) is 0 Å². The second-order valence-corrected chi connectivity index (χ2v) is 5.10. The molecule has 0 radical (unpaired) electrons. The number of rotatable bonds is 3. The molecule has 104 valence electrons. The van der Waals surface area contributed by atoms with Gasteiger partial charge in [0, 0.05) is 0 Å². The first-order valence-electron chi connectivity index (χ1n) is 7.13. The molecular formula is C21H15N. The predicted molar refractivity (Wildman–Crippen MR) is 92.1 cm³/mol. The van der Waals surface area contributed by atoms with Crippen LogP contribution in [0.15, 0.2) is 79.4 Å². The van der Waals surface area contributed by atoms with Crippen molar-refractivity contribution in [3.63, 3.8) is 0 Å². The fourth-order valence-electron chi connectivity index (χ4n) is 2.44. The van der Waals surface area contributed by atoms with Crippen molar-refractivity contribution in [2.45, 2.75) is 0 Å². The molecule has 0 bridgehead atoms. The summed E-state index contributed by atoms with van der Waals surface area (Å²) < 4.78 is 0. The van der Waals surface area contributed by atoms with E-state index in [1.54, 1.807) is 0 Å². The molecule has 3 aromatic carbocycles. The molecule has 0 aromatic heterocycles. The van der Waals surface area contributed by atoms with Crippen LogP contribution in [0.5, 0.6) is 0 Å². The molecule has 0 saturated carbocycles. The average Bonchev–Trinajstić information content (AvgIpc) is 2.62. The van der Waals surface area contributed by atoms with E-state index >= 15 is 0 Å². The first-order chi connectivity index (χ1) is 10.8. The highest BCUT2D eigenvalue weighted by Gasteiger charge is 2.01. The molecule has 0 aliphatic rings. The second-order valence-electron chi connectivity index (χ2n) is 5.10. The van der Waals surface area contributed by atoms with Crippen molar-refractivity contribution in [2.75, 3.05) is 0 Å². The fraction of sp³-hybridized carbons (Fsp3) is 0. The summed E-state index contributed by atoms with van der Waals surface area (Å²) in [5, 5.41) is 8.99. The molecule has 0 unspecified atom stereocenters. The molecule has 0 aliphatic carbocycles. The van der Waals surface area contributed by atoms with Gasteiger partial charge >= 0.3 is 0 Å². The first kappa shape index (κ1) is 13.9. The van der Waals surface area contributed by atoms with Crippen molar-refractivity contribution in [1.82, 2.24) is 0 Å². The van der Waals surface area contributed by atoms with Gasteiger partial charge in [0.1, 0.15) is 0 Å². The van der Waals surface area contributed by atoms with Gasteiger partial charge in [0.15, 0.2) is 0 Å². The van der Waals surface area contributed by atoms with Gasteiger partial charge in [-0.2, -0.15) is 5.26 Å². The minimum atomic E-state index is 0.682. The van der Waals surface area contributed by atoms with Crippen LogP contribution < -0.4 is 0 Å². The maximum absolute atomic E-state index is 8.99. The first-order valence-corrected chi connectivity index (χ1v) is 7.13. The Morgan fingerprint density at radius 3 is 1.82 bits per heavy atom. The van der Waals surface area contributed by atoms with Gasteiger partial charge in [-0.25, -0.2) is 0 Å². The zero-order valence-corrected chi connectivity index (χ0v) is 12.2. The van der Waals surface area contributed by atoms with Crippen LogP contribution in [0.3, 0.4) is 0 Å². The van der Waals surface area contributed by atoms with Crippen LogP contribution in [0.4, 0.5) is 0 Å². The van der Waals surface area contributed by atoms with Crippen LogP contribution in [-0.4, -0.2) is 0 Å². The Morgan fingerprint density at radius 1 is 0.727 bits per heavy atom. The lowest BCUT2D eigenvalue weighted by molar-refractivity contribution is 1.48. The van der Waals surface area contributed by atoms with Crippen molar-refractivity contribution < 1.29 is 0 Å². The number of nitriles is 1. The van der Waals surface area contributed by atoms with Crippen LogP contribution in [0.1, 0.15) is 11.1 Å². The van der Waals surface area contributed by atoms with Gasteiger partial charge in [-0.15, -0.1) is 0 Å². The molecule has 0 heterocycles. The average molecular weight is 281 g/mol.